The molecule has 4 rings (SSSR count). The third-order valence-corrected chi connectivity index (χ3v) is 7.14. The van der Waals surface area contributed by atoms with E-state index < -0.39 is 0 Å². The monoisotopic (exact) mass is 528 g/mol. The highest BCUT2D eigenvalue weighted by molar-refractivity contribution is 6.09. The zero-order valence-electron chi connectivity index (χ0n) is 25.7. The molecule has 0 bridgehead atoms. The number of ether oxygens (including phenoxy) is 1. The van der Waals surface area contributed by atoms with Crippen molar-refractivity contribution >= 4 is 22.8 Å². The van der Waals surface area contributed by atoms with E-state index in [9.17, 15) is 9.59 Å². The van der Waals surface area contributed by atoms with Gasteiger partial charge in [-0.25, -0.2) is 0 Å². The number of hydrogen-bond acceptors (Lipinski definition) is 5. The molecule has 6 heteroatoms. The number of rotatable bonds is 9. The van der Waals surface area contributed by atoms with Crippen molar-refractivity contribution in [1.29, 1.82) is 0 Å². The first-order chi connectivity index (χ1) is 19.6. The van der Waals surface area contributed by atoms with E-state index in [1.807, 2.05) is 64.1 Å². The lowest BCUT2D eigenvalue weighted by molar-refractivity contribution is -0.140. The van der Waals surface area contributed by atoms with E-state index >= 15 is 0 Å². The smallest absolute Gasteiger partial charge is 0.305 e. The van der Waals surface area contributed by atoms with E-state index in [4.69, 9.17) is 11.9 Å². The van der Waals surface area contributed by atoms with Crippen molar-refractivity contribution in [3.63, 3.8) is 0 Å². The van der Waals surface area contributed by atoms with Crippen LogP contribution in [0.3, 0.4) is 0 Å². The number of unbranched alkanes of at least 4 members (excludes halogenated alkanes) is 2. The number of methoxy groups -OCH3 is 1. The van der Waals surface area contributed by atoms with Crippen molar-refractivity contribution in [2.24, 2.45) is 4.99 Å². The zero-order valence-corrected chi connectivity index (χ0v) is 23.7. The van der Waals surface area contributed by atoms with Gasteiger partial charge in [-0.2, -0.15) is 0 Å². The van der Waals surface area contributed by atoms with Crippen LogP contribution in [-0.2, 0) is 9.53 Å². The molecule has 39 heavy (non-hydrogen) atoms. The first-order valence-corrected chi connectivity index (χ1v) is 13.5. The Bertz CT molecular complexity index is 1660. The van der Waals surface area contributed by atoms with E-state index in [1.54, 1.807) is 11.9 Å². The van der Waals surface area contributed by atoms with Crippen molar-refractivity contribution < 1.29 is 21.5 Å². The molecule has 0 fully saturated rings. The van der Waals surface area contributed by atoms with Crippen LogP contribution in [0.25, 0.3) is 33.4 Å². The summed E-state index contributed by atoms with van der Waals surface area (Å²) in [4.78, 5) is 31.5. The average Bonchev–Trinajstić information content (AvgIpc) is 2.96. The highest BCUT2D eigenvalue weighted by Gasteiger charge is 2.23. The van der Waals surface area contributed by atoms with Crippen LogP contribution in [0.4, 0.5) is 0 Å². The van der Waals surface area contributed by atoms with Crippen LogP contribution >= 0.6 is 0 Å². The number of nitrogens with zero attached hydrogens (tertiary/aromatic N) is 2. The molecule has 0 spiro atoms. The molecule has 0 aromatic heterocycles. The summed E-state index contributed by atoms with van der Waals surface area (Å²) < 4.78 is 28.9. The average molecular weight is 529 g/mol. The Labute approximate surface area is 233 Å². The van der Waals surface area contributed by atoms with E-state index in [-0.39, 0.29) is 24.0 Å². The Morgan fingerprint density at radius 1 is 1.00 bits per heavy atom. The minimum Gasteiger partial charge on any atom is -0.469 e. The maximum absolute atomic E-state index is 13.8. The fourth-order valence-corrected chi connectivity index (χ4v) is 4.83. The molecule has 1 aliphatic carbocycles. The molecule has 2 aromatic rings. The largest absolute Gasteiger partial charge is 0.469 e. The van der Waals surface area contributed by atoms with E-state index in [1.165, 1.54) is 7.11 Å². The second-order valence-electron chi connectivity index (χ2n) is 9.97. The Morgan fingerprint density at radius 3 is 2.51 bits per heavy atom. The minimum absolute atomic E-state index is 0.119. The van der Waals surface area contributed by atoms with Gasteiger partial charge < -0.3 is 14.1 Å². The number of carbonyl (C=O) groups is 2. The first-order valence-electron chi connectivity index (χ1n) is 14.5. The molecule has 0 saturated carbocycles. The summed E-state index contributed by atoms with van der Waals surface area (Å²) >= 11 is 0. The van der Waals surface area contributed by atoms with Crippen LogP contribution in [-0.4, -0.2) is 44.0 Å². The predicted octanol–water partition coefficient (Wildman–Crippen LogP) is 6.86. The van der Waals surface area contributed by atoms with Gasteiger partial charge in [0.25, 0.3) is 5.91 Å². The molecule has 6 nitrogen and oxygen atoms in total. The normalized spacial score (nSPS) is 12.5. The Balaban J connectivity index is 1.88. The van der Waals surface area contributed by atoms with Crippen LogP contribution in [0.1, 0.15) is 62.4 Å². The number of carbonyl (C=O) groups excluding carboxylic acids is 2. The predicted molar refractivity (Wildman–Crippen MR) is 156 cm³/mol. The molecule has 0 saturated heterocycles. The number of benzene rings is 3. The Hall–Kier alpha value is -3.93. The second-order valence-corrected chi connectivity index (χ2v) is 9.97. The van der Waals surface area contributed by atoms with Crippen molar-refractivity contribution in [1.82, 2.24) is 4.90 Å². The summed E-state index contributed by atoms with van der Waals surface area (Å²) in [5, 5.41) is 1.30. The maximum atomic E-state index is 13.8. The van der Waals surface area contributed by atoms with Crippen LogP contribution in [0.2, 0.25) is 0 Å². The lowest BCUT2D eigenvalue weighted by atomic mass is 9.88. The standard InChI is InChI=1S/C33H38N2O4/c1-7-34-28-20-30-27(18-23(28)4)32(26-17-21(2)22(3)19-29(26)39-30)24-13-10-11-14-25(24)33(37)35(5)16-12-8-9-15-31(36)38-6/h10-11,13-14,17-20H,7-9,12,15-16H2,1-6H3/i19D,20D. The van der Waals surface area contributed by atoms with E-state index in [0.29, 0.717) is 53.8 Å². The van der Waals surface area contributed by atoms with Gasteiger partial charge in [-0.15, -0.1) is 0 Å². The molecule has 1 amide bonds. The Kier molecular flexibility index (Phi) is 7.99. The number of fused-ring (bicyclic) bond motifs is 2. The van der Waals surface area contributed by atoms with Gasteiger partial charge in [0.05, 0.1) is 15.2 Å². The van der Waals surface area contributed by atoms with Crippen LogP contribution in [0.5, 0.6) is 0 Å². The molecule has 0 radical (unpaired) electrons. The highest BCUT2D eigenvalue weighted by Crippen LogP contribution is 2.42. The molecule has 204 valence electrons. The summed E-state index contributed by atoms with van der Waals surface area (Å²) in [6.07, 6.45) is 2.67. The SMILES string of the molecule is [2H]c1c2oc3c([2H])c(C)c(C)cc3c(-c3ccccc3C(=O)N(C)CCCCCC(=O)OC)c-2cc(C)c1=NCC. The number of hydrogen-bond donors (Lipinski definition) is 0. The van der Waals surface area contributed by atoms with Gasteiger partial charge in [0.1, 0.15) is 11.3 Å². The minimum atomic E-state index is -0.222. The molecule has 0 unspecified atom stereocenters. The molecular formula is C33H38N2O4. The molecule has 0 atom stereocenters. The van der Waals surface area contributed by atoms with E-state index in [0.717, 1.165) is 46.0 Å². The summed E-state index contributed by atoms with van der Waals surface area (Å²) in [5.41, 5.74) is 5.74. The summed E-state index contributed by atoms with van der Waals surface area (Å²) in [6.45, 7) is 8.80. The number of amides is 1. The Morgan fingerprint density at radius 2 is 1.77 bits per heavy atom. The van der Waals surface area contributed by atoms with Crippen molar-refractivity contribution in [2.45, 2.75) is 53.4 Å². The van der Waals surface area contributed by atoms with Crippen LogP contribution in [0, 0.1) is 20.8 Å². The van der Waals surface area contributed by atoms with Crippen molar-refractivity contribution in [2.75, 3.05) is 27.2 Å². The third-order valence-electron chi connectivity index (χ3n) is 7.14. The summed E-state index contributed by atoms with van der Waals surface area (Å²) in [5.74, 6) is 0.00881. The van der Waals surface area contributed by atoms with E-state index in [2.05, 4.69) is 4.99 Å². The van der Waals surface area contributed by atoms with Gasteiger partial charge in [0.2, 0.25) is 0 Å². The first kappa shape index (κ1) is 25.4. The van der Waals surface area contributed by atoms with Gasteiger partial charge in [-0.3, -0.25) is 14.6 Å². The van der Waals surface area contributed by atoms with Crippen LogP contribution < -0.4 is 5.36 Å². The van der Waals surface area contributed by atoms with Gasteiger partial charge in [-0.1, -0.05) is 24.6 Å². The molecular weight excluding hydrogens is 488 g/mol. The van der Waals surface area contributed by atoms with Gasteiger partial charge in [-0.05, 0) is 87.0 Å². The number of aryl methyl sites for hydroxylation is 2. The molecule has 2 aromatic carbocycles. The topological polar surface area (TPSA) is 72.1 Å². The molecule has 1 heterocycles. The van der Waals surface area contributed by atoms with Gasteiger partial charge in [0, 0.05) is 54.7 Å². The van der Waals surface area contributed by atoms with Gasteiger partial charge >= 0.3 is 5.97 Å². The summed E-state index contributed by atoms with van der Waals surface area (Å²) in [7, 11) is 3.17. The fraction of sp³-hybridized carbons (Fsp3) is 0.364. The fourth-order valence-electron chi connectivity index (χ4n) is 4.83. The second kappa shape index (κ2) is 12.3. The number of esters is 1. The van der Waals surface area contributed by atoms with Gasteiger partial charge in [0.15, 0.2) is 0 Å². The third kappa shape index (κ3) is 6.06. The summed E-state index contributed by atoms with van der Waals surface area (Å²) in [6, 6.07) is 11.9. The highest BCUT2D eigenvalue weighted by atomic mass is 16.5. The van der Waals surface area contributed by atoms with Crippen molar-refractivity contribution in [3.05, 3.63) is 76.1 Å². The van der Waals surface area contributed by atoms with Crippen LogP contribution in [0.15, 0.2) is 57.9 Å². The molecule has 2 aliphatic rings. The molecule has 0 N–H and O–H groups in total. The lowest BCUT2D eigenvalue weighted by Gasteiger charge is -2.22. The molecule has 1 aliphatic heterocycles. The maximum Gasteiger partial charge on any atom is 0.305 e. The lowest BCUT2D eigenvalue weighted by Crippen LogP contribution is -2.28. The zero-order chi connectivity index (χ0) is 29.8. The quantitative estimate of drug-likeness (QED) is 0.135. The van der Waals surface area contributed by atoms with Crippen molar-refractivity contribution in [3.8, 4) is 22.5 Å².